The Balaban J connectivity index is 1.71. The number of anilines is 2. The summed E-state index contributed by atoms with van der Waals surface area (Å²) in [5.74, 6) is 0.603. The van der Waals surface area contributed by atoms with E-state index in [9.17, 15) is 9.59 Å². The van der Waals surface area contributed by atoms with E-state index in [0.29, 0.717) is 30.3 Å². The summed E-state index contributed by atoms with van der Waals surface area (Å²) in [4.78, 5) is 27.6. The Morgan fingerprint density at radius 2 is 1.75 bits per heavy atom. The molecule has 0 saturated carbocycles. The van der Waals surface area contributed by atoms with E-state index < -0.39 is 0 Å². The zero-order valence-corrected chi connectivity index (χ0v) is 19.3. The zero-order chi connectivity index (χ0) is 22.8. The van der Waals surface area contributed by atoms with Crippen LogP contribution in [-0.2, 0) is 6.42 Å². The molecule has 3 rings (SSSR count). The molecule has 6 nitrogen and oxygen atoms in total. The lowest BCUT2D eigenvalue weighted by Gasteiger charge is -2.33. The Bertz CT molecular complexity index is 877. The first-order valence-corrected chi connectivity index (χ1v) is 11.8. The second-order valence-electron chi connectivity index (χ2n) is 8.63. The van der Waals surface area contributed by atoms with Crippen molar-refractivity contribution in [2.75, 3.05) is 36.4 Å². The highest BCUT2D eigenvalue weighted by molar-refractivity contribution is 6.02. The van der Waals surface area contributed by atoms with Crippen LogP contribution in [0, 0.1) is 5.92 Å². The van der Waals surface area contributed by atoms with E-state index in [-0.39, 0.29) is 11.9 Å². The number of carbonyl (C=O) groups is 2. The highest BCUT2D eigenvalue weighted by Crippen LogP contribution is 2.28. The van der Waals surface area contributed by atoms with Crippen molar-refractivity contribution >= 4 is 23.3 Å². The highest BCUT2D eigenvalue weighted by atomic mass is 16.2. The van der Waals surface area contributed by atoms with Crippen LogP contribution in [0.5, 0.6) is 0 Å². The average molecular weight is 437 g/mol. The van der Waals surface area contributed by atoms with Crippen molar-refractivity contribution in [1.29, 1.82) is 0 Å². The largest absolute Gasteiger partial charge is 0.371 e. The van der Waals surface area contributed by atoms with Crippen molar-refractivity contribution < 1.29 is 9.59 Å². The van der Waals surface area contributed by atoms with Gasteiger partial charge in [-0.05, 0) is 55.4 Å². The average Bonchev–Trinajstić information content (AvgIpc) is 2.80. The van der Waals surface area contributed by atoms with E-state index in [1.54, 1.807) is 6.07 Å². The highest BCUT2D eigenvalue weighted by Gasteiger charge is 2.21. The van der Waals surface area contributed by atoms with E-state index in [1.807, 2.05) is 30.3 Å². The third kappa shape index (κ3) is 7.01. The number of amides is 3. The van der Waals surface area contributed by atoms with E-state index in [4.69, 9.17) is 0 Å². The summed E-state index contributed by atoms with van der Waals surface area (Å²) in [7, 11) is 0. The van der Waals surface area contributed by atoms with Crippen molar-refractivity contribution in [3.63, 3.8) is 0 Å². The first-order chi connectivity index (χ1) is 15.6. The van der Waals surface area contributed by atoms with Gasteiger partial charge in [0.25, 0.3) is 5.91 Å². The number of benzene rings is 2. The van der Waals surface area contributed by atoms with Gasteiger partial charge in [0.2, 0.25) is 0 Å². The maximum Gasteiger partial charge on any atom is 0.319 e. The van der Waals surface area contributed by atoms with Crippen LogP contribution in [0.1, 0.15) is 55.5 Å². The van der Waals surface area contributed by atoms with Crippen molar-refractivity contribution in [2.24, 2.45) is 5.92 Å². The molecule has 0 spiro atoms. The Morgan fingerprint density at radius 1 is 1.00 bits per heavy atom. The Labute approximate surface area is 191 Å². The first kappa shape index (κ1) is 23.6. The van der Waals surface area contributed by atoms with Crippen LogP contribution in [-0.4, -0.2) is 38.1 Å². The van der Waals surface area contributed by atoms with Gasteiger partial charge in [0.15, 0.2) is 0 Å². The SMILES string of the molecule is CCCCNC(=O)Nc1ccc(N2CCC(C)CC2)c(C(=O)NCCc2ccccc2)c1. The molecule has 0 radical (unpaired) electrons. The second kappa shape index (κ2) is 12.1. The molecule has 2 aromatic carbocycles. The summed E-state index contributed by atoms with van der Waals surface area (Å²) < 4.78 is 0. The minimum Gasteiger partial charge on any atom is -0.371 e. The van der Waals surface area contributed by atoms with Crippen molar-refractivity contribution in [3.05, 3.63) is 59.7 Å². The summed E-state index contributed by atoms with van der Waals surface area (Å²) in [5, 5.41) is 8.79. The van der Waals surface area contributed by atoms with Gasteiger partial charge in [0.05, 0.1) is 5.56 Å². The number of piperidine rings is 1. The molecule has 6 heteroatoms. The normalized spacial score (nSPS) is 14.1. The minimum atomic E-state index is -0.242. The monoisotopic (exact) mass is 436 g/mol. The molecule has 0 atom stereocenters. The predicted molar refractivity (Wildman–Crippen MR) is 131 cm³/mol. The number of hydrogen-bond donors (Lipinski definition) is 3. The molecule has 3 N–H and O–H groups in total. The van der Waals surface area contributed by atoms with Gasteiger partial charge in [-0.15, -0.1) is 0 Å². The lowest BCUT2D eigenvalue weighted by molar-refractivity contribution is 0.0954. The molecule has 172 valence electrons. The molecule has 32 heavy (non-hydrogen) atoms. The van der Waals surface area contributed by atoms with E-state index in [1.165, 1.54) is 5.56 Å². The quantitative estimate of drug-likeness (QED) is 0.494. The van der Waals surface area contributed by atoms with E-state index >= 15 is 0 Å². The lowest BCUT2D eigenvalue weighted by atomic mass is 9.97. The summed E-state index contributed by atoms with van der Waals surface area (Å²) in [6, 6.07) is 15.5. The molecular weight excluding hydrogens is 400 g/mol. The number of rotatable bonds is 9. The number of unbranched alkanes of at least 4 members (excludes halogenated alkanes) is 1. The van der Waals surface area contributed by atoms with E-state index in [2.05, 4.69) is 46.8 Å². The van der Waals surface area contributed by atoms with Gasteiger partial charge in [-0.3, -0.25) is 4.79 Å². The fourth-order valence-electron chi connectivity index (χ4n) is 3.94. The van der Waals surface area contributed by atoms with Crippen LogP contribution >= 0.6 is 0 Å². The Morgan fingerprint density at radius 3 is 2.47 bits per heavy atom. The minimum absolute atomic E-state index is 0.107. The molecule has 3 amide bonds. The standard InChI is InChI=1S/C26H36N4O2/c1-3-4-15-28-26(32)29-22-10-11-24(30-17-13-20(2)14-18-30)23(19-22)25(31)27-16-12-21-8-6-5-7-9-21/h5-11,19-20H,3-4,12-18H2,1-2H3,(H,27,31)(H2,28,29,32). The van der Waals surface area contributed by atoms with Crippen LogP contribution in [0.15, 0.2) is 48.5 Å². The van der Waals surface area contributed by atoms with Crippen LogP contribution in [0.4, 0.5) is 16.2 Å². The summed E-state index contributed by atoms with van der Waals surface area (Å²) in [5.41, 5.74) is 3.36. The number of carbonyl (C=O) groups excluding carboxylic acids is 2. The number of nitrogens with zero attached hydrogens (tertiary/aromatic N) is 1. The molecule has 0 aliphatic carbocycles. The molecule has 0 bridgehead atoms. The second-order valence-corrected chi connectivity index (χ2v) is 8.63. The molecular formula is C26H36N4O2. The van der Waals surface area contributed by atoms with Gasteiger partial charge < -0.3 is 20.9 Å². The molecule has 0 aromatic heterocycles. The number of nitrogens with one attached hydrogen (secondary N) is 3. The summed E-state index contributed by atoms with van der Waals surface area (Å²) in [6.45, 7) is 7.44. The molecule has 1 heterocycles. The fourth-order valence-corrected chi connectivity index (χ4v) is 3.94. The lowest BCUT2D eigenvalue weighted by Crippen LogP contribution is -2.35. The summed E-state index contributed by atoms with van der Waals surface area (Å²) >= 11 is 0. The van der Waals surface area contributed by atoms with Gasteiger partial charge in [-0.1, -0.05) is 50.6 Å². The Hall–Kier alpha value is -3.02. The van der Waals surface area contributed by atoms with Gasteiger partial charge in [0.1, 0.15) is 0 Å². The van der Waals surface area contributed by atoms with E-state index in [0.717, 1.165) is 50.9 Å². The molecule has 1 aliphatic heterocycles. The Kier molecular flexibility index (Phi) is 8.96. The zero-order valence-electron chi connectivity index (χ0n) is 19.3. The maximum absolute atomic E-state index is 13.1. The summed E-state index contributed by atoms with van der Waals surface area (Å²) in [6.07, 6.45) is 4.98. The smallest absolute Gasteiger partial charge is 0.319 e. The molecule has 1 aliphatic rings. The van der Waals surface area contributed by atoms with Gasteiger partial charge >= 0.3 is 6.03 Å². The van der Waals surface area contributed by atoms with Gasteiger partial charge in [0, 0.05) is 37.6 Å². The van der Waals surface area contributed by atoms with Crippen LogP contribution < -0.4 is 20.9 Å². The third-order valence-electron chi connectivity index (χ3n) is 5.98. The van der Waals surface area contributed by atoms with Crippen LogP contribution in [0.2, 0.25) is 0 Å². The number of urea groups is 1. The maximum atomic E-state index is 13.1. The van der Waals surface area contributed by atoms with Crippen LogP contribution in [0.25, 0.3) is 0 Å². The molecule has 1 fully saturated rings. The van der Waals surface area contributed by atoms with Crippen LogP contribution in [0.3, 0.4) is 0 Å². The van der Waals surface area contributed by atoms with Gasteiger partial charge in [-0.25, -0.2) is 4.79 Å². The third-order valence-corrected chi connectivity index (χ3v) is 5.98. The first-order valence-electron chi connectivity index (χ1n) is 11.8. The predicted octanol–water partition coefficient (Wildman–Crippen LogP) is 4.82. The van der Waals surface area contributed by atoms with Crippen molar-refractivity contribution in [2.45, 2.75) is 46.0 Å². The molecule has 0 unspecified atom stereocenters. The number of hydrogen-bond acceptors (Lipinski definition) is 3. The van der Waals surface area contributed by atoms with Gasteiger partial charge in [-0.2, -0.15) is 0 Å². The van der Waals surface area contributed by atoms with Crippen molar-refractivity contribution in [1.82, 2.24) is 10.6 Å². The molecule has 1 saturated heterocycles. The van der Waals surface area contributed by atoms with Crippen molar-refractivity contribution in [3.8, 4) is 0 Å². The fraction of sp³-hybridized carbons (Fsp3) is 0.462. The molecule has 2 aromatic rings. The topological polar surface area (TPSA) is 73.5 Å².